The summed E-state index contributed by atoms with van der Waals surface area (Å²) < 4.78 is 5.51. The maximum Gasteiger partial charge on any atom is 0.273 e. The highest BCUT2D eigenvalue weighted by atomic mass is 16.6. The van der Waals surface area contributed by atoms with Crippen molar-refractivity contribution in [1.82, 2.24) is 4.90 Å². The summed E-state index contributed by atoms with van der Waals surface area (Å²) in [5.41, 5.74) is 0.554. The van der Waals surface area contributed by atoms with E-state index in [0.717, 1.165) is 5.56 Å². The average molecular weight is 398 g/mol. The molecule has 7 nitrogen and oxygen atoms in total. The molecule has 3 rings (SSSR count). The number of ether oxygens (including phenoxy) is 1. The first kappa shape index (κ1) is 21.0. The second kappa shape index (κ2) is 9.15. The van der Waals surface area contributed by atoms with Crippen molar-refractivity contribution in [2.75, 3.05) is 26.2 Å². The van der Waals surface area contributed by atoms with Crippen LogP contribution in [0.2, 0.25) is 0 Å². The number of nitrogens with zero attached hydrogens (tertiary/aromatic N) is 2. The molecule has 2 aromatic rings. The Morgan fingerprint density at radius 1 is 1.21 bits per heavy atom. The van der Waals surface area contributed by atoms with Gasteiger partial charge in [-0.2, -0.15) is 0 Å². The summed E-state index contributed by atoms with van der Waals surface area (Å²) in [7, 11) is 0. The molecule has 2 aromatic carbocycles. The third-order valence-electron chi connectivity index (χ3n) is 5.65. The van der Waals surface area contributed by atoms with Gasteiger partial charge in [-0.15, -0.1) is 0 Å². The van der Waals surface area contributed by atoms with Crippen LogP contribution in [0.1, 0.15) is 25.3 Å². The number of nitro benzene ring substituents is 1. The van der Waals surface area contributed by atoms with Gasteiger partial charge >= 0.3 is 0 Å². The topological polar surface area (TPSA) is 92.9 Å². The summed E-state index contributed by atoms with van der Waals surface area (Å²) in [6.45, 7) is 3.56. The lowest BCUT2D eigenvalue weighted by Crippen LogP contribution is -2.48. The van der Waals surface area contributed by atoms with Gasteiger partial charge in [0.05, 0.1) is 16.4 Å². The molecule has 7 heteroatoms. The molecule has 0 aliphatic carbocycles. The van der Waals surface area contributed by atoms with Crippen LogP contribution in [-0.2, 0) is 10.2 Å². The molecule has 0 radical (unpaired) electrons. The van der Waals surface area contributed by atoms with Crippen molar-refractivity contribution in [2.24, 2.45) is 0 Å². The number of likely N-dealkylation sites (tertiary alicyclic amines) is 1. The second-order valence-corrected chi connectivity index (χ2v) is 7.52. The highest BCUT2D eigenvalue weighted by molar-refractivity contribution is 5.88. The first-order valence-corrected chi connectivity index (χ1v) is 9.75. The number of rotatable bonds is 8. The van der Waals surface area contributed by atoms with E-state index in [4.69, 9.17) is 4.74 Å². The number of aliphatic hydroxyl groups excluding tert-OH is 1. The predicted octanol–water partition coefficient (Wildman–Crippen LogP) is 2.96. The van der Waals surface area contributed by atoms with Gasteiger partial charge in [-0.25, -0.2) is 0 Å². The molecule has 1 N–H and O–H groups in total. The van der Waals surface area contributed by atoms with Crippen molar-refractivity contribution < 1.29 is 19.6 Å². The lowest BCUT2D eigenvalue weighted by Gasteiger charge is -2.41. The molecule has 0 aromatic heterocycles. The molecule has 1 aliphatic rings. The number of carbonyl (C=O) groups excluding carboxylic acids is 1. The summed E-state index contributed by atoms with van der Waals surface area (Å²) in [6.07, 6.45) is 0.700. The van der Waals surface area contributed by atoms with Crippen LogP contribution < -0.4 is 4.74 Å². The molecule has 1 unspecified atom stereocenters. The van der Waals surface area contributed by atoms with Gasteiger partial charge in [-0.1, -0.05) is 36.4 Å². The van der Waals surface area contributed by atoms with E-state index in [1.54, 1.807) is 19.1 Å². The number of ketones is 1. The first-order valence-electron chi connectivity index (χ1n) is 9.75. The fraction of sp³-hybridized carbons (Fsp3) is 0.409. The Bertz CT molecular complexity index is 847. The van der Waals surface area contributed by atoms with Crippen LogP contribution in [0, 0.1) is 10.1 Å². The number of β-amino-alcohol motifs (C(OH)–C–C–N with tert-alkyl or cyclic N) is 1. The van der Waals surface area contributed by atoms with E-state index in [-0.39, 0.29) is 18.1 Å². The van der Waals surface area contributed by atoms with Crippen molar-refractivity contribution in [1.29, 1.82) is 0 Å². The minimum atomic E-state index is -0.726. The van der Waals surface area contributed by atoms with Gasteiger partial charge in [0.15, 0.2) is 0 Å². The first-order chi connectivity index (χ1) is 13.9. The van der Waals surface area contributed by atoms with Crippen molar-refractivity contribution in [3.05, 3.63) is 70.3 Å². The van der Waals surface area contributed by atoms with Crippen LogP contribution in [0.5, 0.6) is 5.75 Å². The number of carbonyl (C=O) groups is 1. The molecule has 1 atom stereocenters. The summed E-state index contributed by atoms with van der Waals surface area (Å²) >= 11 is 0. The van der Waals surface area contributed by atoms with Crippen LogP contribution in [0.3, 0.4) is 0 Å². The molecule has 1 saturated heterocycles. The summed E-state index contributed by atoms with van der Waals surface area (Å²) in [6, 6.07) is 15.8. The van der Waals surface area contributed by atoms with E-state index < -0.39 is 16.4 Å². The van der Waals surface area contributed by atoms with Gasteiger partial charge in [-0.3, -0.25) is 14.9 Å². The fourth-order valence-electron chi connectivity index (χ4n) is 3.95. The normalized spacial score (nSPS) is 17.4. The van der Waals surface area contributed by atoms with E-state index in [9.17, 15) is 20.0 Å². The number of hydrogen-bond acceptors (Lipinski definition) is 6. The number of Topliss-reactive ketones (excluding diaryl/α,β-unsaturated/α-hetero) is 1. The number of benzene rings is 2. The minimum absolute atomic E-state index is 0.0468. The zero-order valence-electron chi connectivity index (χ0n) is 16.5. The van der Waals surface area contributed by atoms with E-state index in [1.807, 2.05) is 30.3 Å². The molecule has 1 heterocycles. The number of aliphatic hydroxyl groups is 1. The molecule has 0 amide bonds. The van der Waals surface area contributed by atoms with Crippen LogP contribution in [0.15, 0.2) is 54.6 Å². The zero-order valence-corrected chi connectivity index (χ0v) is 16.5. The quantitative estimate of drug-likeness (QED) is 0.543. The van der Waals surface area contributed by atoms with Crippen molar-refractivity contribution in [3.63, 3.8) is 0 Å². The maximum atomic E-state index is 12.4. The SMILES string of the molecule is CC(=O)C1(c2ccccc2)CCN(CC(O)COc2cccc([N+](=O)[O-])c2)CC1. The molecule has 154 valence electrons. The summed E-state index contributed by atoms with van der Waals surface area (Å²) in [5, 5.41) is 21.2. The van der Waals surface area contributed by atoms with Crippen molar-refractivity contribution in [2.45, 2.75) is 31.3 Å². The fourth-order valence-corrected chi connectivity index (χ4v) is 3.95. The van der Waals surface area contributed by atoms with E-state index in [2.05, 4.69) is 4.90 Å². The molecule has 0 bridgehead atoms. The lowest BCUT2D eigenvalue weighted by molar-refractivity contribution is -0.384. The third-order valence-corrected chi connectivity index (χ3v) is 5.65. The van der Waals surface area contributed by atoms with Crippen LogP contribution in [0.4, 0.5) is 5.69 Å². The maximum absolute atomic E-state index is 12.4. The highest BCUT2D eigenvalue weighted by Crippen LogP contribution is 2.36. The van der Waals surface area contributed by atoms with Gasteiger partial charge < -0.3 is 14.7 Å². The van der Waals surface area contributed by atoms with Gasteiger partial charge in [-0.05, 0) is 44.5 Å². The number of piperidine rings is 1. The monoisotopic (exact) mass is 398 g/mol. The number of hydrogen-bond donors (Lipinski definition) is 1. The number of nitro groups is 1. The second-order valence-electron chi connectivity index (χ2n) is 7.52. The Labute approximate surface area is 170 Å². The van der Waals surface area contributed by atoms with Crippen LogP contribution >= 0.6 is 0 Å². The Morgan fingerprint density at radius 2 is 1.90 bits per heavy atom. The molecule has 0 saturated carbocycles. The summed E-state index contributed by atoms with van der Waals surface area (Å²) in [4.78, 5) is 24.9. The Kier molecular flexibility index (Phi) is 6.61. The highest BCUT2D eigenvalue weighted by Gasteiger charge is 2.40. The Balaban J connectivity index is 1.53. The lowest BCUT2D eigenvalue weighted by atomic mass is 9.70. The molecule has 0 spiro atoms. The molecule has 29 heavy (non-hydrogen) atoms. The average Bonchev–Trinajstić information content (AvgIpc) is 2.73. The minimum Gasteiger partial charge on any atom is -0.491 e. The largest absolute Gasteiger partial charge is 0.491 e. The Morgan fingerprint density at radius 3 is 2.52 bits per heavy atom. The van der Waals surface area contributed by atoms with E-state index in [1.165, 1.54) is 12.1 Å². The molecule has 1 aliphatic heterocycles. The van der Waals surface area contributed by atoms with Crippen LogP contribution in [-0.4, -0.2) is 53.1 Å². The van der Waals surface area contributed by atoms with Crippen LogP contribution in [0.25, 0.3) is 0 Å². The Hall–Kier alpha value is -2.77. The molecule has 1 fully saturated rings. The standard InChI is InChI=1S/C22H26N2O5/c1-17(25)22(18-6-3-2-4-7-18)10-12-23(13-11-22)15-20(26)16-29-21-9-5-8-19(14-21)24(27)28/h2-9,14,20,26H,10-13,15-16H2,1H3. The van der Waals surface area contributed by atoms with Crippen molar-refractivity contribution >= 4 is 11.5 Å². The zero-order chi connectivity index (χ0) is 20.9. The van der Waals surface area contributed by atoms with Gasteiger partial charge in [0, 0.05) is 12.6 Å². The van der Waals surface area contributed by atoms with E-state index >= 15 is 0 Å². The summed E-state index contributed by atoms with van der Waals surface area (Å²) in [5.74, 6) is 0.537. The predicted molar refractivity (Wildman–Crippen MR) is 109 cm³/mol. The van der Waals surface area contributed by atoms with Crippen molar-refractivity contribution in [3.8, 4) is 5.75 Å². The molecular formula is C22H26N2O5. The molecular weight excluding hydrogens is 372 g/mol. The number of non-ortho nitro benzene ring substituents is 1. The van der Waals surface area contributed by atoms with Gasteiger partial charge in [0.25, 0.3) is 5.69 Å². The van der Waals surface area contributed by atoms with Gasteiger partial charge in [0.1, 0.15) is 24.2 Å². The van der Waals surface area contributed by atoms with Gasteiger partial charge in [0.2, 0.25) is 0 Å². The smallest absolute Gasteiger partial charge is 0.273 e. The third kappa shape index (κ3) is 4.99. The van der Waals surface area contributed by atoms with E-state index in [0.29, 0.717) is 38.2 Å².